The van der Waals surface area contributed by atoms with Crippen LogP contribution in [-0.4, -0.2) is 16.8 Å². The summed E-state index contributed by atoms with van der Waals surface area (Å²) in [6, 6.07) is 7.92. The number of aromatic nitrogens is 1. The highest BCUT2D eigenvalue weighted by molar-refractivity contribution is 6.44. The second-order valence-corrected chi connectivity index (χ2v) is 5.07. The summed E-state index contributed by atoms with van der Waals surface area (Å²) in [5.41, 5.74) is 1.33. The van der Waals surface area contributed by atoms with Gasteiger partial charge < -0.3 is 10.6 Å². The standard InChI is InChI=1S/C14H11Cl2N3O2/c1-8-2-5-12(17-7-8)19-14(21)13(20)18-9-3-4-10(15)11(16)6-9/h2-7H,1H3,(H,18,20)(H,17,19,21). The number of anilines is 2. The molecular weight excluding hydrogens is 313 g/mol. The SMILES string of the molecule is Cc1ccc(NC(=O)C(=O)Nc2ccc(Cl)c(Cl)c2)nc1. The van der Waals surface area contributed by atoms with E-state index in [9.17, 15) is 9.59 Å². The van der Waals surface area contributed by atoms with Crippen molar-refractivity contribution in [3.63, 3.8) is 0 Å². The average Bonchev–Trinajstić information content (AvgIpc) is 2.45. The fourth-order valence-corrected chi connectivity index (χ4v) is 1.77. The Hall–Kier alpha value is -2.11. The maximum atomic E-state index is 11.8. The van der Waals surface area contributed by atoms with E-state index in [2.05, 4.69) is 15.6 Å². The molecule has 2 N–H and O–H groups in total. The lowest BCUT2D eigenvalue weighted by Crippen LogP contribution is -2.29. The van der Waals surface area contributed by atoms with Crippen LogP contribution in [0.2, 0.25) is 10.0 Å². The molecular formula is C14H11Cl2N3O2. The molecule has 2 aromatic rings. The highest BCUT2D eigenvalue weighted by atomic mass is 35.5. The van der Waals surface area contributed by atoms with Crippen LogP contribution in [-0.2, 0) is 9.59 Å². The van der Waals surface area contributed by atoms with Crippen molar-refractivity contribution < 1.29 is 9.59 Å². The molecule has 0 radical (unpaired) electrons. The topological polar surface area (TPSA) is 71.1 Å². The number of nitrogens with zero attached hydrogens (tertiary/aromatic N) is 1. The zero-order valence-corrected chi connectivity index (χ0v) is 12.5. The average molecular weight is 324 g/mol. The Morgan fingerprint density at radius 2 is 1.71 bits per heavy atom. The summed E-state index contributed by atoms with van der Waals surface area (Å²) >= 11 is 11.6. The lowest BCUT2D eigenvalue weighted by atomic mass is 10.3. The minimum atomic E-state index is -0.823. The molecule has 0 aliphatic rings. The molecule has 7 heteroatoms. The number of rotatable bonds is 2. The van der Waals surface area contributed by atoms with Gasteiger partial charge in [0.25, 0.3) is 0 Å². The maximum absolute atomic E-state index is 11.8. The molecule has 1 aromatic heterocycles. The lowest BCUT2D eigenvalue weighted by molar-refractivity contribution is -0.133. The molecule has 0 saturated carbocycles. The Kier molecular flexibility index (Phi) is 4.77. The first-order chi connectivity index (χ1) is 9.95. The molecule has 0 saturated heterocycles. The molecule has 0 aliphatic heterocycles. The summed E-state index contributed by atoms with van der Waals surface area (Å²) in [6.07, 6.45) is 1.59. The van der Waals surface area contributed by atoms with Gasteiger partial charge in [-0.2, -0.15) is 0 Å². The normalized spacial score (nSPS) is 10.0. The monoisotopic (exact) mass is 323 g/mol. The van der Waals surface area contributed by atoms with Crippen LogP contribution in [0.15, 0.2) is 36.5 Å². The number of halogens is 2. The van der Waals surface area contributed by atoms with E-state index in [0.29, 0.717) is 16.5 Å². The van der Waals surface area contributed by atoms with E-state index in [1.165, 1.54) is 12.1 Å². The number of amides is 2. The van der Waals surface area contributed by atoms with Gasteiger partial charge in [0.05, 0.1) is 10.0 Å². The summed E-state index contributed by atoms with van der Waals surface area (Å²) in [4.78, 5) is 27.5. The van der Waals surface area contributed by atoms with Crippen molar-refractivity contribution in [2.75, 3.05) is 10.6 Å². The van der Waals surface area contributed by atoms with Crippen LogP contribution >= 0.6 is 23.2 Å². The van der Waals surface area contributed by atoms with Crippen molar-refractivity contribution in [1.82, 2.24) is 4.98 Å². The summed E-state index contributed by atoms with van der Waals surface area (Å²) in [5, 5.41) is 5.46. The Balaban J connectivity index is 2.00. The third-order valence-electron chi connectivity index (χ3n) is 2.54. The van der Waals surface area contributed by atoms with Crippen molar-refractivity contribution in [2.24, 2.45) is 0 Å². The van der Waals surface area contributed by atoms with Crippen molar-refractivity contribution in [3.05, 3.63) is 52.1 Å². The second-order valence-electron chi connectivity index (χ2n) is 4.26. The molecule has 0 unspecified atom stereocenters. The van der Waals surface area contributed by atoms with E-state index in [1.54, 1.807) is 24.4 Å². The van der Waals surface area contributed by atoms with Crippen LogP contribution in [0.5, 0.6) is 0 Å². The molecule has 0 fully saturated rings. The van der Waals surface area contributed by atoms with Gasteiger partial charge in [-0.1, -0.05) is 29.3 Å². The first kappa shape index (κ1) is 15.3. The van der Waals surface area contributed by atoms with E-state index in [1.807, 2.05) is 6.92 Å². The number of benzene rings is 1. The van der Waals surface area contributed by atoms with E-state index >= 15 is 0 Å². The van der Waals surface area contributed by atoms with Gasteiger partial charge in [0, 0.05) is 11.9 Å². The van der Waals surface area contributed by atoms with Gasteiger partial charge in [-0.05, 0) is 36.8 Å². The summed E-state index contributed by atoms with van der Waals surface area (Å²) < 4.78 is 0. The maximum Gasteiger partial charge on any atom is 0.315 e. The van der Waals surface area contributed by atoms with Gasteiger partial charge in [-0.3, -0.25) is 9.59 Å². The predicted molar refractivity (Wildman–Crippen MR) is 82.7 cm³/mol. The predicted octanol–water partition coefficient (Wildman–Crippen LogP) is 3.27. The zero-order chi connectivity index (χ0) is 15.4. The van der Waals surface area contributed by atoms with E-state index in [4.69, 9.17) is 23.2 Å². The molecule has 2 rings (SSSR count). The van der Waals surface area contributed by atoms with Gasteiger partial charge in [-0.15, -0.1) is 0 Å². The molecule has 0 bridgehead atoms. The van der Waals surface area contributed by atoms with Gasteiger partial charge in [0.1, 0.15) is 5.82 Å². The number of hydrogen-bond donors (Lipinski definition) is 2. The largest absolute Gasteiger partial charge is 0.318 e. The fraction of sp³-hybridized carbons (Fsp3) is 0.0714. The van der Waals surface area contributed by atoms with Crippen LogP contribution in [0.25, 0.3) is 0 Å². The summed E-state index contributed by atoms with van der Waals surface area (Å²) in [7, 11) is 0. The number of carbonyl (C=O) groups is 2. The number of nitrogens with one attached hydrogen (secondary N) is 2. The first-order valence-electron chi connectivity index (χ1n) is 5.96. The number of aryl methyl sites for hydroxylation is 1. The summed E-state index contributed by atoms with van der Waals surface area (Å²) in [6.45, 7) is 1.87. The third-order valence-corrected chi connectivity index (χ3v) is 3.28. The molecule has 1 heterocycles. The van der Waals surface area contributed by atoms with Gasteiger partial charge in [0.2, 0.25) is 0 Å². The molecule has 2 amide bonds. The molecule has 5 nitrogen and oxygen atoms in total. The number of carbonyl (C=O) groups excluding carboxylic acids is 2. The van der Waals surface area contributed by atoms with Crippen LogP contribution < -0.4 is 10.6 Å². The quantitative estimate of drug-likeness (QED) is 0.833. The van der Waals surface area contributed by atoms with Gasteiger partial charge in [0.15, 0.2) is 0 Å². The minimum Gasteiger partial charge on any atom is -0.318 e. The number of hydrogen-bond acceptors (Lipinski definition) is 3. The van der Waals surface area contributed by atoms with Crippen LogP contribution in [0, 0.1) is 6.92 Å². The third kappa shape index (κ3) is 4.18. The minimum absolute atomic E-state index is 0.287. The Morgan fingerprint density at radius 1 is 1.00 bits per heavy atom. The van der Waals surface area contributed by atoms with Gasteiger partial charge in [-0.25, -0.2) is 4.98 Å². The Morgan fingerprint density at radius 3 is 2.33 bits per heavy atom. The lowest BCUT2D eigenvalue weighted by Gasteiger charge is -2.07. The Bertz CT molecular complexity index is 687. The van der Waals surface area contributed by atoms with E-state index in [-0.39, 0.29) is 5.02 Å². The molecule has 0 aliphatic carbocycles. The van der Waals surface area contributed by atoms with Crippen LogP contribution in [0.3, 0.4) is 0 Å². The van der Waals surface area contributed by atoms with E-state index < -0.39 is 11.8 Å². The zero-order valence-electron chi connectivity index (χ0n) is 11.0. The van der Waals surface area contributed by atoms with E-state index in [0.717, 1.165) is 5.56 Å². The fourth-order valence-electron chi connectivity index (χ4n) is 1.48. The van der Waals surface area contributed by atoms with Crippen LogP contribution in [0.1, 0.15) is 5.56 Å². The van der Waals surface area contributed by atoms with Crippen LogP contribution in [0.4, 0.5) is 11.5 Å². The summed E-state index contributed by atoms with van der Waals surface area (Å²) in [5.74, 6) is -1.34. The molecule has 1 aromatic carbocycles. The highest BCUT2D eigenvalue weighted by Gasteiger charge is 2.15. The molecule has 108 valence electrons. The second kappa shape index (κ2) is 6.56. The molecule has 0 atom stereocenters. The van der Waals surface area contributed by atoms with Crippen molar-refractivity contribution >= 4 is 46.5 Å². The number of pyridine rings is 1. The van der Waals surface area contributed by atoms with Gasteiger partial charge >= 0.3 is 11.8 Å². The van der Waals surface area contributed by atoms with Crippen molar-refractivity contribution in [2.45, 2.75) is 6.92 Å². The van der Waals surface area contributed by atoms with Crippen molar-refractivity contribution in [3.8, 4) is 0 Å². The first-order valence-corrected chi connectivity index (χ1v) is 6.71. The van der Waals surface area contributed by atoms with Crippen molar-refractivity contribution in [1.29, 1.82) is 0 Å². The smallest absolute Gasteiger partial charge is 0.315 e. The highest BCUT2D eigenvalue weighted by Crippen LogP contribution is 2.24. The molecule has 21 heavy (non-hydrogen) atoms. The Labute approximate surface area is 131 Å². The molecule has 0 spiro atoms.